The number of aliphatic hydroxyl groups excluding tert-OH is 2. The molecule has 0 radical (unpaired) electrons. The molecule has 1 amide bonds. The molecular formula is C6H13NO3. The summed E-state index contributed by atoms with van der Waals surface area (Å²) in [5.74, 6) is -0.444. The molecule has 0 aromatic heterocycles. The molecule has 0 rings (SSSR count). The molecule has 3 N–H and O–H groups in total. The number of amides is 1. The maximum atomic E-state index is 10.5. The lowest BCUT2D eigenvalue weighted by molar-refractivity contribution is -0.124. The zero-order chi connectivity index (χ0) is 7.98. The van der Waals surface area contributed by atoms with Gasteiger partial charge in [-0.3, -0.25) is 4.79 Å². The predicted octanol–water partition coefficient (Wildman–Crippen LogP) is -1.13. The Balaban J connectivity index is 3.52. The van der Waals surface area contributed by atoms with Crippen LogP contribution in [0.5, 0.6) is 0 Å². The van der Waals surface area contributed by atoms with Gasteiger partial charge in [-0.15, -0.1) is 0 Å². The van der Waals surface area contributed by atoms with E-state index >= 15 is 0 Å². The number of nitrogens with one attached hydrogen (secondary N) is 1. The highest BCUT2D eigenvalue weighted by Gasteiger charge is 2.06. The van der Waals surface area contributed by atoms with Gasteiger partial charge in [0.05, 0.1) is 12.6 Å². The van der Waals surface area contributed by atoms with Crippen LogP contribution in [0.25, 0.3) is 0 Å². The van der Waals surface area contributed by atoms with Gasteiger partial charge >= 0.3 is 0 Å². The average Bonchev–Trinajstić information content (AvgIpc) is 1.99. The molecule has 0 aliphatic rings. The number of hydrogen-bond acceptors (Lipinski definition) is 3. The van der Waals surface area contributed by atoms with E-state index in [0.717, 1.165) is 0 Å². The van der Waals surface area contributed by atoms with Gasteiger partial charge in [0, 0.05) is 0 Å². The topological polar surface area (TPSA) is 69.6 Å². The summed E-state index contributed by atoms with van der Waals surface area (Å²) in [4.78, 5) is 10.5. The van der Waals surface area contributed by atoms with Gasteiger partial charge in [0.25, 0.3) is 0 Å². The molecule has 0 unspecified atom stereocenters. The molecule has 0 spiro atoms. The van der Waals surface area contributed by atoms with Crippen molar-refractivity contribution in [3.63, 3.8) is 0 Å². The quantitative estimate of drug-likeness (QED) is 0.471. The van der Waals surface area contributed by atoms with E-state index in [1.165, 1.54) is 0 Å². The lowest BCUT2D eigenvalue weighted by Gasteiger charge is -2.11. The van der Waals surface area contributed by atoms with Crippen LogP contribution in [0, 0.1) is 0 Å². The highest BCUT2D eigenvalue weighted by atomic mass is 16.3. The van der Waals surface area contributed by atoms with Gasteiger partial charge in [-0.05, 0) is 6.42 Å². The van der Waals surface area contributed by atoms with Crippen molar-refractivity contribution < 1.29 is 15.0 Å². The van der Waals surface area contributed by atoms with Crippen LogP contribution in [0.3, 0.4) is 0 Å². The number of carbonyl (C=O) groups excluding carboxylic acids is 1. The van der Waals surface area contributed by atoms with Crippen molar-refractivity contribution in [3.8, 4) is 0 Å². The van der Waals surface area contributed by atoms with Crippen LogP contribution in [0.4, 0.5) is 0 Å². The summed E-state index contributed by atoms with van der Waals surface area (Å²) in [6.07, 6.45) is 0.669. The van der Waals surface area contributed by atoms with Crippen LogP contribution in [0.2, 0.25) is 0 Å². The second-order valence-electron chi connectivity index (χ2n) is 2.01. The highest BCUT2D eigenvalue weighted by molar-refractivity contribution is 5.77. The molecule has 0 heterocycles. The Labute approximate surface area is 59.9 Å². The largest absolute Gasteiger partial charge is 0.394 e. The van der Waals surface area contributed by atoms with Crippen molar-refractivity contribution in [2.75, 3.05) is 13.2 Å². The van der Waals surface area contributed by atoms with E-state index in [1.54, 1.807) is 0 Å². The van der Waals surface area contributed by atoms with Gasteiger partial charge in [-0.2, -0.15) is 0 Å². The first kappa shape index (κ1) is 9.39. The summed E-state index contributed by atoms with van der Waals surface area (Å²) in [5.41, 5.74) is 0. The minimum absolute atomic E-state index is 0.0811. The molecule has 0 aliphatic carbocycles. The molecule has 0 fully saturated rings. The summed E-state index contributed by atoms with van der Waals surface area (Å²) in [7, 11) is 0. The maximum absolute atomic E-state index is 10.5. The lowest BCUT2D eigenvalue weighted by atomic mass is 10.2. The first-order chi connectivity index (χ1) is 4.74. The Morgan fingerprint density at radius 1 is 1.60 bits per heavy atom. The van der Waals surface area contributed by atoms with Gasteiger partial charge in [-0.25, -0.2) is 0 Å². The molecule has 4 heteroatoms. The maximum Gasteiger partial charge on any atom is 0.246 e. The fourth-order valence-corrected chi connectivity index (χ4v) is 0.550. The van der Waals surface area contributed by atoms with E-state index < -0.39 is 12.5 Å². The highest BCUT2D eigenvalue weighted by Crippen LogP contribution is 1.87. The fourth-order valence-electron chi connectivity index (χ4n) is 0.550. The monoisotopic (exact) mass is 147 g/mol. The van der Waals surface area contributed by atoms with Crippen molar-refractivity contribution in [1.82, 2.24) is 5.32 Å². The van der Waals surface area contributed by atoms with Crippen LogP contribution in [0.15, 0.2) is 0 Å². The molecule has 0 aromatic carbocycles. The SMILES string of the molecule is CC[C@@H](CO)NC(=O)CO. The van der Waals surface area contributed by atoms with Crippen molar-refractivity contribution in [2.45, 2.75) is 19.4 Å². The van der Waals surface area contributed by atoms with Gasteiger partial charge in [0.2, 0.25) is 5.91 Å². The molecule has 0 bridgehead atoms. The van der Waals surface area contributed by atoms with Crippen LogP contribution in [-0.4, -0.2) is 35.4 Å². The average molecular weight is 147 g/mol. The van der Waals surface area contributed by atoms with E-state index in [1.807, 2.05) is 6.92 Å². The molecular weight excluding hydrogens is 134 g/mol. The zero-order valence-electron chi connectivity index (χ0n) is 6.00. The van der Waals surface area contributed by atoms with E-state index in [0.29, 0.717) is 6.42 Å². The molecule has 0 saturated heterocycles. The standard InChI is InChI=1S/C6H13NO3/c1-2-5(3-8)7-6(10)4-9/h5,8-9H,2-4H2,1H3,(H,7,10)/t5-/m0/s1. The summed E-state index contributed by atoms with van der Waals surface area (Å²) in [6.45, 7) is 1.25. The Morgan fingerprint density at radius 2 is 2.20 bits per heavy atom. The van der Waals surface area contributed by atoms with Crippen LogP contribution >= 0.6 is 0 Å². The summed E-state index contributed by atoms with van der Waals surface area (Å²) in [6, 6.07) is -0.223. The minimum Gasteiger partial charge on any atom is -0.394 e. The Morgan fingerprint density at radius 3 is 2.50 bits per heavy atom. The molecule has 1 atom stereocenters. The van der Waals surface area contributed by atoms with Crippen molar-refractivity contribution >= 4 is 5.91 Å². The summed E-state index contributed by atoms with van der Waals surface area (Å²) >= 11 is 0. The van der Waals surface area contributed by atoms with Crippen molar-refractivity contribution in [2.24, 2.45) is 0 Å². The third-order valence-electron chi connectivity index (χ3n) is 1.22. The van der Waals surface area contributed by atoms with Crippen LogP contribution in [-0.2, 0) is 4.79 Å². The van der Waals surface area contributed by atoms with E-state index in [9.17, 15) is 4.79 Å². The third-order valence-corrected chi connectivity index (χ3v) is 1.22. The molecule has 0 aliphatic heterocycles. The lowest BCUT2D eigenvalue weighted by Crippen LogP contribution is -2.38. The molecule has 0 saturated carbocycles. The summed E-state index contributed by atoms with van der Waals surface area (Å²) < 4.78 is 0. The number of aliphatic hydroxyl groups is 2. The van der Waals surface area contributed by atoms with Gasteiger partial charge in [0.15, 0.2) is 0 Å². The zero-order valence-corrected chi connectivity index (χ0v) is 6.00. The van der Waals surface area contributed by atoms with E-state index in [4.69, 9.17) is 10.2 Å². The fraction of sp³-hybridized carbons (Fsp3) is 0.833. The molecule has 4 nitrogen and oxygen atoms in total. The minimum atomic E-state index is -0.517. The molecule has 60 valence electrons. The van der Waals surface area contributed by atoms with Crippen molar-refractivity contribution in [1.29, 1.82) is 0 Å². The Hall–Kier alpha value is -0.610. The second kappa shape index (κ2) is 5.20. The summed E-state index contributed by atoms with van der Waals surface area (Å²) in [5, 5.41) is 19.3. The van der Waals surface area contributed by atoms with E-state index in [2.05, 4.69) is 5.32 Å². The Bertz CT molecular complexity index is 101. The molecule has 0 aromatic rings. The first-order valence-electron chi connectivity index (χ1n) is 3.25. The number of carbonyl (C=O) groups is 1. The van der Waals surface area contributed by atoms with Gasteiger partial charge in [-0.1, -0.05) is 6.92 Å². The first-order valence-corrected chi connectivity index (χ1v) is 3.25. The second-order valence-corrected chi connectivity index (χ2v) is 2.01. The van der Waals surface area contributed by atoms with Gasteiger partial charge in [0.1, 0.15) is 6.61 Å². The van der Waals surface area contributed by atoms with Crippen molar-refractivity contribution in [3.05, 3.63) is 0 Å². The normalized spacial score (nSPS) is 12.7. The Kier molecular flexibility index (Phi) is 4.88. The predicted molar refractivity (Wildman–Crippen MR) is 36.4 cm³/mol. The number of hydrogen-bond donors (Lipinski definition) is 3. The van der Waals surface area contributed by atoms with Crippen LogP contribution < -0.4 is 5.32 Å². The smallest absolute Gasteiger partial charge is 0.246 e. The van der Waals surface area contributed by atoms with Gasteiger partial charge < -0.3 is 15.5 Å². The van der Waals surface area contributed by atoms with Crippen LogP contribution in [0.1, 0.15) is 13.3 Å². The third kappa shape index (κ3) is 3.42. The number of rotatable bonds is 4. The molecule has 10 heavy (non-hydrogen) atoms. The van der Waals surface area contributed by atoms with E-state index in [-0.39, 0.29) is 12.6 Å².